The zero-order valence-corrected chi connectivity index (χ0v) is 20.0. The van der Waals surface area contributed by atoms with Gasteiger partial charge in [-0.2, -0.15) is 4.31 Å². The molecule has 9 nitrogen and oxygen atoms in total. The molecule has 1 N–H and O–H groups in total. The number of amides is 1. The molecule has 2 atom stereocenters. The highest BCUT2D eigenvalue weighted by atomic mass is 35.5. The Morgan fingerprint density at radius 2 is 1.76 bits per heavy atom. The van der Waals surface area contributed by atoms with Crippen molar-refractivity contribution in [2.75, 3.05) is 32.1 Å². The van der Waals surface area contributed by atoms with E-state index in [0.29, 0.717) is 16.5 Å². The van der Waals surface area contributed by atoms with Gasteiger partial charge in [-0.25, -0.2) is 13.2 Å². The van der Waals surface area contributed by atoms with Crippen molar-refractivity contribution in [2.24, 2.45) is 0 Å². The molecule has 2 unspecified atom stereocenters. The van der Waals surface area contributed by atoms with Crippen molar-refractivity contribution < 1.29 is 32.2 Å². The Morgan fingerprint density at radius 3 is 2.36 bits per heavy atom. The summed E-state index contributed by atoms with van der Waals surface area (Å²) in [5.74, 6) is -0.945. The topological polar surface area (TPSA) is 111 Å². The Balaban J connectivity index is 1.60. The van der Waals surface area contributed by atoms with E-state index >= 15 is 0 Å². The summed E-state index contributed by atoms with van der Waals surface area (Å²) in [7, 11) is -2.28. The van der Waals surface area contributed by atoms with Crippen molar-refractivity contribution in [2.45, 2.75) is 31.0 Å². The monoisotopic (exact) mass is 496 g/mol. The first kappa shape index (κ1) is 25.0. The zero-order chi connectivity index (χ0) is 24.2. The first-order chi connectivity index (χ1) is 15.6. The molecule has 1 fully saturated rings. The number of anilines is 1. The van der Waals surface area contributed by atoms with Crippen LogP contribution in [0.15, 0.2) is 47.4 Å². The van der Waals surface area contributed by atoms with Crippen LogP contribution in [0.1, 0.15) is 24.2 Å². The molecule has 0 saturated carbocycles. The average molecular weight is 497 g/mol. The average Bonchev–Trinajstić information content (AvgIpc) is 2.77. The summed E-state index contributed by atoms with van der Waals surface area (Å²) >= 11 is 5.93. The molecule has 0 bridgehead atoms. The van der Waals surface area contributed by atoms with Gasteiger partial charge in [0.2, 0.25) is 10.0 Å². The number of halogens is 1. The maximum atomic E-state index is 12.9. The van der Waals surface area contributed by atoms with Crippen LogP contribution in [0.4, 0.5) is 5.69 Å². The number of rotatable bonds is 7. The molecular formula is C22H25ClN2O7S. The Hall–Kier alpha value is -2.66. The summed E-state index contributed by atoms with van der Waals surface area (Å²) < 4.78 is 43.0. The number of carbonyl (C=O) groups excluding carboxylic acids is 2. The Labute approximate surface area is 197 Å². The van der Waals surface area contributed by atoms with E-state index in [-0.39, 0.29) is 35.8 Å². The van der Waals surface area contributed by atoms with Crippen LogP contribution in [-0.4, -0.2) is 63.6 Å². The third kappa shape index (κ3) is 6.23. The third-order valence-corrected chi connectivity index (χ3v) is 6.96. The molecule has 33 heavy (non-hydrogen) atoms. The molecule has 1 aliphatic rings. The fraction of sp³-hybridized carbons (Fsp3) is 0.364. The van der Waals surface area contributed by atoms with Gasteiger partial charge in [-0.3, -0.25) is 4.79 Å². The number of morpholine rings is 1. The molecule has 1 heterocycles. The molecule has 2 aromatic carbocycles. The highest BCUT2D eigenvalue weighted by Crippen LogP contribution is 2.27. The Bertz CT molecular complexity index is 1110. The van der Waals surface area contributed by atoms with Gasteiger partial charge in [-0.05, 0) is 56.3 Å². The van der Waals surface area contributed by atoms with Crippen molar-refractivity contribution in [1.29, 1.82) is 0 Å². The second-order valence-corrected chi connectivity index (χ2v) is 9.95. The number of hydrogen-bond acceptors (Lipinski definition) is 7. The number of carbonyl (C=O) groups is 2. The van der Waals surface area contributed by atoms with Crippen molar-refractivity contribution in [3.63, 3.8) is 0 Å². The highest BCUT2D eigenvalue weighted by molar-refractivity contribution is 7.89. The van der Waals surface area contributed by atoms with Gasteiger partial charge in [0.05, 0.1) is 35.5 Å². The normalized spacial score (nSPS) is 19.0. The second-order valence-electron chi connectivity index (χ2n) is 7.57. The Morgan fingerprint density at radius 1 is 1.12 bits per heavy atom. The van der Waals surface area contributed by atoms with Crippen molar-refractivity contribution in [3.8, 4) is 5.75 Å². The summed E-state index contributed by atoms with van der Waals surface area (Å²) in [5.41, 5.74) is 0.457. The maximum absolute atomic E-state index is 12.9. The molecule has 1 aliphatic heterocycles. The van der Waals surface area contributed by atoms with Crippen molar-refractivity contribution in [1.82, 2.24) is 4.31 Å². The van der Waals surface area contributed by atoms with E-state index in [1.807, 2.05) is 13.8 Å². The molecule has 0 spiro atoms. The molecule has 11 heteroatoms. The fourth-order valence-electron chi connectivity index (χ4n) is 3.42. The van der Waals surface area contributed by atoms with Crippen LogP contribution in [0.3, 0.4) is 0 Å². The number of benzene rings is 2. The van der Waals surface area contributed by atoms with Gasteiger partial charge in [0, 0.05) is 18.1 Å². The minimum Gasteiger partial charge on any atom is -0.495 e. The third-order valence-electron chi connectivity index (χ3n) is 4.88. The second kappa shape index (κ2) is 10.5. The summed E-state index contributed by atoms with van der Waals surface area (Å²) in [6, 6.07) is 10.1. The van der Waals surface area contributed by atoms with E-state index in [4.69, 9.17) is 25.8 Å². The van der Waals surface area contributed by atoms with Crippen molar-refractivity contribution >= 4 is 39.2 Å². The number of esters is 1. The number of nitrogens with one attached hydrogen (secondary N) is 1. The van der Waals surface area contributed by atoms with Crippen molar-refractivity contribution in [3.05, 3.63) is 53.1 Å². The predicted octanol–water partition coefficient (Wildman–Crippen LogP) is 2.94. The van der Waals surface area contributed by atoms with E-state index in [0.717, 1.165) is 0 Å². The number of methoxy groups -OCH3 is 1. The van der Waals surface area contributed by atoms with Crippen LogP contribution in [0.25, 0.3) is 0 Å². The van der Waals surface area contributed by atoms with Crippen LogP contribution in [0, 0.1) is 0 Å². The Kier molecular flexibility index (Phi) is 7.96. The molecule has 2 aromatic rings. The standard InChI is InChI=1S/C22H25ClN2O7S/c1-14-11-25(12-15(2)32-14)33(28,29)18-7-4-16(5-8-18)22(27)31-13-21(26)24-19-10-17(23)6-9-20(19)30-3/h4-10,14-15H,11-13H2,1-3H3,(H,24,26). The molecule has 1 saturated heterocycles. The van der Waals surface area contributed by atoms with E-state index in [1.165, 1.54) is 41.7 Å². The van der Waals surface area contributed by atoms with Crippen LogP contribution in [0.5, 0.6) is 5.75 Å². The number of hydrogen-bond donors (Lipinski definition) is 1. The quantitative estimate of drug-likeness (QED) is 0.586. The summed E-state index contributed by atoms with van der Waals surface area (Å²) in [6.07, 6.45) is -0.424. The lowest BCUT2D eigenvalue weighted by atomic mass is 10.2. The van der Waals surface area contributed by atoms with Crippen LogP contribution in [0.2, 0.25) is 5.02 Å². The number of ether oxygens (including phenoxy) is 3. The molecule has 0 radical (unpaired) electrons. The first-order valence-electron chi connectivity index (χ1n) is 10.2. The SMILES string of the molecule is COc1ccc(Cl)cc1NC(=O)COC(=O)c1ccc(S(=O)(=O)N2CC(C)OC(C)C2)cc1. The number of sulfonamides is 1. The predicted molar refractivity (Wildman–Crippen MR) is 122 cm³/mol. The van der Waals surface area contributed by atoms with Gasteiger partial charge in [0.15, 0.2) is 6.61 Å². The van der Waals surface area contributed by atoms with Gasteiger partial charge in [-0.15, -0.1) is 0 Å². The van der Waals surface area contributed by atoms with Gasteiger partial charge >= 0.3 is 5.97 Å². The van der Waals surface area contributed by atoms with Gasteiger partial charge in [-0.1, -0.05) is 11.6 Å². The zero-order valence-electron chi connectivity index (χ0n) is 18.4. The molecule has 3 rings (SSSR count). The van der Waals surface area contributed by atoms with Gasteiger partial charge in [0.25, 0.3) is 5.91 Å². The van der Waals surface area contributed by atoms with E-state index < -0.39 is 28.5 Å². The maximum Gasteiger partial charge on any atom is 0.338 e. The lowest BCUT2D eigenvalue weighted by Crippen LogP contribution is -2.48. The molecule has 1 amide bonds. The molecular weight excluding hydrogens is 472 g/mol. The van der Waals surface area contributed by atoms with Crippen LogP contribution in [-0.2, 0) is 24.3 Å². The molecule has 0 aromatic heterocycles. The smallest absolute Gasteiger partial charge is 0.338 e. The summed E-state index contributed by atoms with van der Waals surface area (Å²) in [4.78, 5) is 24.5. The van der Waals surface area contributed by atoms with Crippen LogP contribution < -0.4 is 10.1 Å². The fourth-order valence-corrected chi connectivity index (χ4v) is 5.18. The lowest BCUT2D eigenvalue weighted by Gasteiger charge is -2.34. The lowest BCUT2D eigenvalue weighted by molar-refractivity contribution is -0.119. The number of nitrogens with zero attached hydrogens (tertiary/aromatic N) is 1. The van der Waals surface area contributed by atoms with Crippen LogP contribution >= 0.6 is 11.6 Å². The summed E-state index contributed by atoms with van der Waals surface area (Å²) in [5, 5.41) is 2.96. The summed E-state index contributed by atoms with van der Waals surface area (Å²) in [6.45, 7) is 3.59. The minimum absolute atomic E-state index is 0.0612. The highest BCUT2D eigenvalue weighted by Gasteiger charge is 2.32. The van der Waals surface area contributed by atoms with Gasteiger partial charge < -0.3 is 19.5 Å². The molecule has 178 valence electrons. The largest absolute Gasteiger partial charge is 0.495 e. The first-order valence-corrected chi connectivity index (χ1v) is 12.0. The van der Waals surface area contributed by atoms with Gasteiger partial charge in [0.1, 0.15) is 5.75 Å². The van der Waals surface area contributed by atoms with E-state index in [9.17, 15) is 18.0 Å². The van der Waals surface area contributed by atoms with E-state index in [1.54, 1.807) is 12.1 Å². The molecule has 0 aliphatic carbocycles. The minimum atomic E-state index is -3.73. The van der Waals surface area contributed by atoms with E-state index in [2.05, 4.69) is 5.32 Å².